The number of benzene rings is 2. The number of amides is 4. The third-order valence-electron chi connectivity index (χ3n) is 15.1. The molecule has 13 atom stereocenters. The molecule has 2 fully saturated rings. The minimum atomic E-state index is -5.90. The van der Waals surface area contributed by atoms with Crippen LogP contribution in [0.25, 0.3) is 52.8 Å². The molecule has 0 saturated carbocycles. The van der Waals surface area contributed by atoms with Gasteiger partial charge in [-0.1, -0.05) is 63.2 Å². The normalized spacial score (nSPS) is 18.8. The minimum Gasteiger partial charge on any atom is -0.756 e. The third-order valence-corrected chi connectivity index (χ3v) is 22.7. The second-order valence-electron chi connectivity index (χ2n) is 24.0. The van der Waals surface area contributed by atoms with E-state index in [1.54, 1.807) is 36.4 Å². The molecule has 2 saturated heterocycles. The van der Waals surface area contributed by atoms with Crippen molar-refractivity contribution < 1.29 is 159 Å². The van der Waals surface area contributed by atoms with Crippen molar-refractivity contribution in [1.82, 2.24) is 45.4 Å². The van der Waals surface area contributed by atoms with E-state index in [9.17, 15) is 75.8 Å². The Morgan fingerprint density at radius 2 is 1.10 bits per heavy atom. The lowest BCUT2D eigenvalue weighted by molar-refractivity contribution is -0.212. The molecular formula is C59H79N24O35P6-. The molecule has 0 aliphatic carbocycles. The number of hydrogen-bond acceptors (Lipinski definition) is 38. The second-order valence-corrected chi connectivity index (χ2v) is 32.8. The number of nitrogens with two attached hydrogens (primary N) is 3. The number of phosphoric acid groups is 6. The van der Waals surface area contributed by atoms with Gasteiger partial charge in [-0.3, -0.25) is 37.4 Å². The molecule has 0 spiro atoms. The average Bonchev–Trinajstić information content (AvgIpc) is 1.61. The number of aromatic nitrogens is 5. The van der Waals surface area contributed by atoms with E-state index in [4.69, 9.17) is 106 Å². The topological polar surface area (TPSA) is 870 Å². The van der Waals surface area contributed by atoms with Crippen LogP contribution in [0.15, 0.2) is 92.5 Å². The number of rotatable bonds is 50. The third kappa shape index (κ3) is 37.3. The maximum atomic E-state index is 12.8. The highest BCUT2D eigenvalue weighted by atomic mass is 31.3. The summed E-state index contributed by atoms with van der Waals surface area (Å²) >= 11 is 0. The largest absolute Gasteiger partial charge is 0.756 e. The van der Waals surface area contributed by atoms with Gasteiger partial charge in [0.25, 0.3) is 19.6 Å². The van der Waals surface area contributed by atoms with E-state index in [2.05, 4.69) is 122 Å². The van der Waals surface area contributed by atoms with Crippen LogP contribution in [0.2, 0.25) is 0 Å². The summed E-state index contributed by atoms with van der Waals surface area (Å²) in [4.78, 5) is 160. The first kappa shape index (κ1) is 103. The molecular weight excluding hydrogens is 1790 g/mol. The zero-order valence-corrected chi connectivity index (χ0v) is 69.6. The smallest absolute Gasteiger partial charge is 0.490 e. The molecule has 2 aliphatic rings. The van der Waals surface area contributed by atoms with E-state index in [1.807, 2.05) is 6.92 Å². The van der Waals surface area contributed by atoms with Crippen molar-refractivity contribution in [1.29, 1.82) is 0 Å². The van der Waals surface area contributed by atoms with Crippen molar-refractivity contribution in [2.45, 2.75) is 75.5 Å². The Labute approximate surface area is 697 Å². The van der Waals surface area contributed by atoms with Gasteiger partial charge in [0.15, 0.2) is 12.5 Å². The number of ether oxygens (including phenoxy) is 10. The molecule has 4 amide bonds. The van der Waals surface area contributed by atoms with E-state index < -0.39 is 147 Å². The molecule has 65 heteroatoms. The number of carbonyl (C=O) groups is 4. The van der Waals surface area contributed by atoms with Crippen molar-refractivity contribution >= 4 is 93.2 Å². The number of phosphoric ester groups is 2. The highest BCUT2D eigenvalue weighted by Gasteiger charge is 2.46. The number of anilines is 2. The van der Waals surface area contributed by atoms with Gasteiger partial charge in [-0.05, 0) is 64.9 Å². The zero-order chi connectivity index (χ0) is 91.1. The summed E-state index contributed by atoms with van der Waals surface area (Å²) in [6.07, 6.45) is -4.85. The summed E-state index contributed by atoms with van der Waals surface area (Å²) < 4.78 is 151. The van der Waals surface area contributed by atoms with Crippen molar-refractivity contribution in [2.75, 3.05) is 124 Å². The van der Waals surface area contributed by atoms with Crippen molar-refractivity contribution in [3.63, 3.8) is 0 Å². The van der Waals surface area contributed by atoms with Crippen molar-refractivity contribution in [3.8, 4) is 35.2 Å². The molecule has 5 heterocycles. The van der Waals surface area contributed by atoms with Gasteiger partial charge in [0.2, 0.25) is 11.8 Å². The number of nitrogens with zero attached hydrogens (tertiary/aromatic N) is 17. The first-order valence-electron chi connectivity index (χ1n) is 35.1. The predicted molar refractivity (Wildman–Crippen MR) is 414 cm³/mol. The predicted octanol–water partition coefficient (Wildman–Crippen LogP) is 2.04. The summed E-state index contributed by atoms with van der Waals surface area (Å²) in [7, 11) is -34.3. The molecule has 3 aromatic heterocycles. The Morgan fingerprint density at radius 1 is 0.629 bits per heavy atom. The maximum absolute atomic E-state index is 12.8. The van der Waals surface area contributed by atoms with Gasteiger partial charge in [0, 0.05) is 75.6 Å². The van der Waals surface area contributed by atoms with E-state index in [1.165, 1.54) is 22.9 Å². The Hall–Kier alpha value is -10.2. The summed E-state index contributed by atoms with van der Waals surface area (Å²) in [5, 5.41) is 24.2. The number of hydrogen-bond donors (Lipinski definition) is 14. The summed E-state index contributed by atoms with van der Waals surface area (Å²) in [5.41, 5.74) is 52.8. The summed E-state index contributed by atoms with van der Waals surface area (Å²) in [6, 6.07) is 12.7. The zero-order valence-electron chi connectivity index (χ0n) is 64.2. The quantitative estimate of drug-likeness (QED) is 0.00661. The van der Waals surface area contributed by atoms with E-state index >= 15 is 0 Å². The molecule has 59 nitrogen and oxygen atoms in total. The van der Waals surface area contributed by atoms with E-state index in [0.29, 0.717) is 35.7 Å². The minimum absolute atomic E-state index is 0.00709. The summed E-state index contributed by atoms with van der Waals surface area (Å²) in [6.45, 7) is -1.74. The number of nitrogen functional groups attached to an aromatic ring is 2. The fourth-order valence-electron chi connectivity index (χ4n) is 10.1. The number of azide groups is 4. The van der Waals surface area contributed by atoms with E-state index in [-0.39, 0.29) is 124 Å². The van der Waals surface area contributed by atoms with Gasteiger partial charge in [0.05, 0.1) is 81.5 Å². The molecule has 5 aromatic rings. The Balaban J connectivity index is 0.000000384. The first-order valence-corrected chi connectivity index (χ1v) is 44.1. The molecule has 676 valence electrons. The van der Waals surface area contributed by atoms with Gasteiger partial charge < -0.3 is 130 Å². The maximum Gasteiger partial charge on any atom is 0.490 e. The fourth-order valence-corrected chi connectivity index (χ4v) is 16.1. The Morgan fingerprint density at radius 3 is 1.57 bits per heavy atom. The number of fused-ring (bicyclic) bond motifs is 1. The van der Waals surface area contributed by atoms with Crippen LogP contribution in [-0.4, -0.2) is 231 Å². The van der Waals surface area contributed by atoms with Crippen LogP contribution in [0.1, 0.15) is 70.5 Å². The molecule has 17 N–H and O–H groups in total. The van der Waals surface area contributed by atoms with Gasteiger partial charge in [-0.2, -0.15) is 17.9 Å². The highest BCUT2D eigenvalue weighted by molar-refractivity contribution is 7.67. The lowest BCUT2D eigenvalue weighted by Gasteiger charge is -2.22. The summed E-state index contributed by atoms with van der Waals surface area (Å²) in [5.74, 6) is 9.56. The van der Waals surface area contributed by atoms with Gasteiger partial charge in [0.1, 0.15) is 99.7 Å². The molecule has 0 bridgehead atoms. The van der Waals surface area contributed by atoms with Crippen LogP contribution in [-0.2, 0) is 101 Å². The number of carbonyl (C=O) groups excluding carboxylic acids is 4. The highest BCUT2D eigenvalue weighted by Crippen LogP contribution is 2.67. The SMILES string of the molecule is CCCNC(=O)c1cccc(OCC(N=[N+]=[N-])OCCOCC(=O)NCC#Cc2cn(C3CC(OCN=[N+]=[N-])[C@H](COP(=O)(O)OP(=O)(O)OP(=O)([O-])O)O3)c(=O)nc2N)c1.[N-]=[N+]=NCOC1CC(n2cc(C#CCNC(=O)COCCOC(COc3cccc(C(=O)NCCN)c3)N=[N+]=[N-])c3c(N)ncnc32)OC1COP(=O)(O)OP(=O)(O)OP(=O)(O)O. The van der Waals surface area contributed by atoms with Gasteiger partial charge in [-0.15, -0.1) is 0 Å². The fraction of sp³-hybridized carbons (Fsp3) is 0.492. The second kappa shape index (κ2) is 50.7. The molecule has 2 aromatic carbocycles. The van der Waals surface area contributed by atoms with Crippen LogP contribution >= 0.6 is 46.9 Å². The van der Waals surface area contributed by atoms with Crippen LogP contribution in [0.3, 0.4) is 0 Å². The molecule has 0 radical (unpaired) electrons. The molecule has 2 aliphatic heterocycles. The lowest BCUT2D eigenvalue weighted by atomic mass is 10.2. The number of nitrogens with one attached hydrogen (secondary N) is 4. The van der Waals surface area contributed by atoms with Crippen molar-refractivity contribution in [3.05, 3.63) is 142 Å². The molecule has 124 heavy (non-hydrogen) atoms. The first-order chi connectivity index (χ1) is 58.8. The van der Waals surface area contributed by atoms with Crippen molar-refractivity contribution in [2.24, 2.45) is 26.2 Å². The Kier molecular flexibility index (Phi) is 42.0. The van der Waals surface area contributed by atoms with Crippen LogP contribution < -0.4 is 58.5 Å². The molecule has 7 rings (SSSR count). The molecule has 12 unspecified atom stereocenters. The van der Waals surface area contributed by atoms with Crippen LogP contribution in [0.4, 0.5) is 11.6 Å². The van der Waals surface area contributed by atoms with Crippen LogP contribution in [0.5, 0.6) is 11.5 Å². The van der Waals surface area contributed by atoms with Gasteiger partial charge >= 0.3 is 44.8 Å². The average molecular weight is 1870 g/mol. The lowest BCUT2D eigenvalue weighted by Crippen LogP contribution is -2.30. The standard InChI is InChI=1S/C30H40N13O17P3.C29H40N11O18P3/c31-6-8-36-30(45)19-3-1-5-21(11-19)55-16-25(40-42-34)54-10-9-53-15-24(44)35-7-2-4-20-13-43(29-27(20)28(32)37-17-38-29)26-12-22(56-18-39-41-33)23(58-26)14-57-62(49,50)60-63(51,52)59-61(46,47)48;1-2-8-34-28(42)19-5-3-7-21(12-19)53-17-25(37-39-32)52-11-10-51-16-24(41)33-9-4-6-20-14-40(29(43)36-27(20)30)26-13-22(54-18-35-38-31)23(56-26)15-55-60(47,48)58-61(49,50)57-59(44,45)46/h1,3,5,11,13,17,22-23,25-26H,6-10,12,14-16,18,31H2,(H,35,44)(H,36,45)(H,49,50)(H,51,52)(H2,32,37,38)(H2,46,47,48);3,5,7,12,14,22-23,25-26H,2,8-11,13,15-18H2,1H3,(H,33,41)(H,34,42)(H,47,48)(H,49,50)(H2,30,36,43)(H2,44,45,46)/p-1/t;22?,23-,25?,26?/m.0/s1. The van der Waals surface area contributed by atoms with Crippen LogP contribution in [0, 0.1) is 23.7 Å². The Bertz CT molecular complexity index is 5220. The van der Waals surface area contributed by atoms with Gasteiger partial charge in [-0.25, -0.2) is 41.9 Å². The monoisotopic (exact) mass is 1870 g/mol. The van der Waals surface area contributed by atoms with E-state index in [0.717, 1.165) is 23.5 Å².